The van der Waals surface area contributed by atoms with E-state index in [0.29, 0.717) is 44.2 Å². The van der Waals surface area contributed by atoms with Crippen molar-refractivity contribution >= 4 is 50.7 Å². The number of fused-ring (bicyclic) bond motifs is 1. The maximum Gasteiger partial charge on any atom is 0.267 e. The summed E-state index contributed by atoms with van der Waals surface area (Å²) in [6.45, 7) is 1.76. The smallest absolute Gasteiger partial charge is 0.267 e. The zero-order valence-corrected chi connectivity index (χ0v) is 19.4. The number of nitrogens with one attached hydrogen (secondary N) is 3. The van der Waals surface area contributed by atoms with Gasteiger partial charge in [-0.1, -0.05) is 17.4 Å². The number of hydrogen-bond donors (Lipinski definition) is 3. The first-order chi connectivity index (χ1) is 16.4. The van der Waals surface area contributed by atoms with E-state index in [4.69, 9.17) is 0 Å². The summed E-state index contributed by atoms with van der Waals surface area (Å²) in [4.78, 5) is 36.0. The molecule has 0 spiro atoms. The molecule has 9 nitrogen and oxygen atoms in total. The second kappa shape index (κ2) is 8.82. The quantitative estimate of drug-likeness (QED) is 0.369. The average Bonchev–Trinajstić information content (AvgIpc) is 3.45. The van der Waals surface area contributed by atoms with E-state index >= 15 is 0 Å². The fraction of sp³-hybridized carbons (Fsp3) is 0.261. The van der Waals surface area contributed by atoms with Gasteiger partial charge in [-0.25, -0.2) is 14.4 Å². The Labute approximate surface area is 198 Å². The van der Waals surface area contributed by atoms with Crippen LogP contribution in [0.2, 0.25) is 0 Å². The summed E-state index contributed by atoms with van der Waals surface area (Å²) < 4.78 is 14.5. The van der Waals surface area contributed by atoms with Crippen LogP contribution in [-0.2, 0) is 11.2 Å². The van der Waals surface area contributed by atoms with E-state index in [1.165, 1.54) is 12.3 Å². The van der Waals surface area contributed by atoms with Crippen molar-refractivity contribution in [3.05, 3.63) is 58.6 Å². The van der Waals surface area contributed by atoms with Gasteiger partial charge in [0.05, 0.1) is 29.5 Å². The number of halogens is 1. The Kier molecular flexibility index (Phi) is 5.70. The second-order valence-electron chi connectivity index (χ2n) is 8.20. The van der Waals surface area contributed by atoms with E-state index in [-0.39, 0.29) is 18.0 Å². The maximum absolute atomic E-state index is 14.5. The lowest BCUT2D eigenvalue weighted by Gasteiger charge is -2.16. The van der Waals surface area contributed by atoms with Crippen LogP contribution in [-0.4, -0.2) is 50.0 Å². The summed E-state index contributed by atoms with van der Waals surface area (Å²) in [6.07, 6.45) is 3.75. The molecule has 0 bridgehead atoms. The SMILES string of the molecule is Cc1[nH]nc2ccc(F)c(NC(=O)c3cnc(Nc4cccc(CC(=O)N(C)C5CC5)n4)s3)c12. The van der Waals surface area contributed by atoms with Crippen LogP contribution >= 0.6 is 11.3 Å². The molecule has 2 amide bonds. The number of nitrogens with zero attached hydrogens (tertiary/aromatic N) is 4. The normalized spacial score (nSPS) is 13.1. The number of pyridine rings is 1. The minimum atomic E-state index is -0.545. The number of anilines is 3. The molecule has 3 aromatic heterocycles. The highest BCUT2D eigenvalue weighted by molar-refractivity contribution is 7.17. The second-order valence-corrected chi connectivity index (χ2v) is 9.23. The summed E-state index contributed by atoms with van der Waals surface area (Å²) in [5.74, 6) is -0.468. The van der Waals surface area contributed by atoms with Gasteiger partial charge in [0.1, 0.15) is 16.5 Å². The van der Waals surface area contributed by atoms with Crippen LogP contribution in [0.15, 0.2) is 36.5 Å². The number of carbonyl (C=O) groups excluding carboxylic acids is 2. The number of thiazole rings is 1. The molecule has 3 heterocycles. The molecule has 0 atom stereocenters. The molecule has 0 radical (unpaired) electrons. The van der Waals surface area contributed by atoms with Gasteiger partial charge in [0.25, 0.3) is 5.91 Å². The van der Waals surface area contributed by atoms with Crippen LogP contribution in [0.5, 0.6) is 0 Å². The van der Waals surface area contributed by atoms with Gasteiger partial charge in [-0.05, 0) is 44.0 Å². The van der Waals surface area contributed by atoms with Crippen LogP contribution in [0.1, 0.15) is 33.9 Å². The lowest BCUT2D eigenvalue weighted by molar-refractivity contribution is -0.129. The number of H-pyrrole nitrogens is 1. The Morgan fingerprint density at radius 1 is 1.26 bits per heavy atom. The highest BCUT2D eigenvalue weighted by Crippen LogP contribution is 2.30. The number of likely N-dealkylation sites (N-methyl/N-ethyl adjacent to an activating group) is 1. The van der Waals surface area contributed by atoms with E-state index in [2.05, 4.69) is 30.8 Å². The van der Waals surface area contributed by atoms with E-state index in [1.807, 2.05) is 13.1 Å². The molecule has 34 heavy (non-hydrogen) atoms. The molecule has 1 aliphatic carbocycles. The first-order valence-corrected chi connectivity index (χ1v) is 11.6. The molecule has 11 heteroatoms. The number of amides is 2. The van der Waals surface area contributed by atoms with Gasteiger partial charge in [0, 0.05) is 24.2 Å². The van der Waals surface area contributed by atoms with E-state index in [1.54, 1.807) is 30.0 Å². The number of aromatic nitrogens is 4. The van der Waals surface area contributed by atoms with Crippen LogP contribution in [0.4, 0.5) is 21.0 Å². The van der Waals surface area contributed by atoms with Crippen LogP contribution in [0.3, 0.4) is 0 Å². The van der Waals surface area contributed by atoms with Crippen molar-refractivity contribution in [2.45, 2.75) is 32.2 Å². The third-order valence-corrected chi connectivity index (χ3v) is 6.59. The van der Waals surface area contributed by atoms with Crippen molar-refractivity contribution in [1.29, 1.82) is 0 Å². The minimum Gasteiger partial charge on any atom is -0.342 e. The first kappa shape index (κ1) is 22.0. The van der Waals surface area contributed by atoms with Crippen molar-refractivity contribution in [1.82, 2.24) is 25.1 Å². The maximum atomic E-state index is 14.5. The van der Waals surface area contributed by atoms with Gasteiger partial charge in [0.2, 0.25) is 5.91 Å². The van der Waals surface area contributed by atoms with Crippen molar-refractivity contribution < 1.29 is 14.0 Å². The standard InChI is InChI=1S/C23H22FN7O2S/c1-12-20-16(30-29-12)9-8-15(24)21(20)28-22(33)17-11-25-23(34-17)27-18-5-3-4-13(26-18)10-19(32)31(2)14-6-7-14/h3-5,8-9,11,14H,6-7,10H2,1-2H3,(H,28,33)(H,29,30)(H,25,26,27). The number of rotatable bonds is 7. The molecule has 0 aliphatic heterocycles. The molecule has 1 saturated carbocycles. The molecular weight excluding hydrogens is 457 g/mol. The van der Waals surface area contributed by atoms with E-state index in [9.17, 15) is 14.0 Å². The largest absolute Gasteiger partial charge is 0.342 e. The lowest BCUT2D eigenvalue weighted by Crippen LogP contribution is -2.30. The van der Waals surface area contributed by atoms with E-state index in [0.717, 1.165) is 24.2 Å². The molecule has 0 unspecified atom stereocenters. The molecule has 3 N–H and O–H groups in total. The summed E-state index contributed by atoms with van der Waals surface area (Å²) in [5, 5.41) is 13.6. The van der Waals surface area contributed by atoms with Gasteiger partial charge in [-0.2, -0.15) is 5.10 Å². The monoisotopic (exact) mass is 479 g/mol. The molecule has 1 aliphatic rings. The highest BCUT2D eigenvalue weighted by Gasteiger charge is 2.29. The van der Waals surface area contributed by atoms with Gasteiger partial charge in [-0.15, -0.1) is 0 Å². The van der Waals surface area contributed by atoms with Crippen molar-refractivity contribution in [3.8, 4) is 0 Å². The van der Waals surface area contributed by atoms with Gasteiger partial charge < -0.3 is 15.5 Å². The van der Waals surface area contributed by atoms with Crippen molar-refractivity contribution in [3.63, 3.8) is 0 Å². The molecule has 0 saturated heterocycles. The van der Waals surface area contributed by atoms with Gasteiger partial charge in [-0.3, -0.25) is 14.7 Å². The topological polar surface area (TPSA) is 116 Å². The number of carbonyl (C=O) groups is 2. The fourth-order valence-electron chi connectivity index (χ4n) is 3.68. The molecule has 174 valence electrons. The Bertz CT molecular complexity index is 1400. The number of aromatic amines is 1. The minimum absolute atomic E-state index is 0.0375. The summed E-state index contributed by atoms with van der Waals surface area (Å²) in [6, 6.07) is 8.55. The summed E-state index contributed by atoms with van der Waals surface area (Å²) in [7, 11) is 1.82. The zero-order valence-electron chi connectivity index (χ0n) is 18.6. The summed E-state index contributed by atoms with van der Waals surface area (Å²) >= 11 is 1.11. The van der Waals surface area contributed by atoms with Gasteiger partial charge in [0.15, 0.2) is 5.13 Å². The third kappa shape index (κ3) is 4.46. The number of hydrogen-bond acceptors (Lipinski definition) is 7. The predicted octanol–water partition coefficient (Wildman–Crippen LogP) is 4.02. The molecule has 4 aromatic rings. The Morgan fingerprint density at radius 3 is 2.88 bits per heavy atom. The van der Waals surface area contributed by atoms with Crippen LogP contribution in [0.25, 0.3) is 10.9 Å². The lowest BCUT2D eigenvalue weighted by atomic mass is 10.1. The fourth-order valence-corrected chi connectivity index (χ4v) is 4.39. The first-order valence-electron chi connectivity index (χ1n) is 10.8. The third-order valence-electron chi connectivity index (χ3n) is 5.68. The number of aryl methyl sites for hydroxylation is 1. The summed E-state index contributed by atoms with van der Waals surface area (Å²) in [5.41, 5.74) is 1.95. The highest BCUT2D eigenvalue weighted by atomic mass is 32.1. The van der Waals surface area contributed by atoms with Crippen LogP contribution in [0, 0.1) is 12.7 Å². The number of benzene rings is 1. The van der Waals surface area contributed by atoms with Gasteiger partial charge >= 0.3 is 0 Å². The Morgan fingerprint density at radius 2 is 2.09 bits per heavy atom. The van der Waals surface area contributed by atoms with Crippen LogP contribution < -0.4 is 10.6 Å². The molecular formula is C23H22FN7O2S. The Hall–Kier alpha value is -3.86. The molecule has 5 rings (SSSR count). The molecule has 1 fully saturated rings. The Balaban J connectivity index is 1.27. The average molecular weight is 480 g/mol. The van der Waals surface area contributed by atoms with Crippen molar-refractivity contribution in [2.75, 3.05) is 17.7 Å². The van der Waals surface area contributed by atoms with Crippen molar-refractivity contribution in [2.24, 2.45) is 0 Å². The van der Waals surface area contributed by atoms with E-state index < -0.39 is 11.7 Å². The predicted molar refractivity (Wildman–Crippen MR) is 128 cm³/mol. The molecule has 1 aromatic carbocycles. The zero-order chi connectivity index (χ0) is 23.8.